The van der Waals surface area contributed by atoms with Crippen molar-refractivity contribution in [3.8, 4) is 55.6 Å². The first-order valence-electron chi connectivity index (χ1n) is 30.9. The summed E-state index contributed by atoms with van der Waals surface area (Å²) in [6.07, 6.45) is -4.96. The predicted octanol–water partition coefficient (Wildman–Crippen LogP) is 25.5. The van der Waals surface area contributed by atoms with Crippen LogP contribution in [0, 0.1) is 0 Å². The van der Waals surface area contributed by atoms with Gasteiger partial charge in [-0.25, -0.2) is 0 Å². The van der Waals surface area contributed by atoms with E-state index in [0.29, 0.717) is 22.3 Å². The Morgan fingerprint density at radius 1 is 0.156 bits per heavy atom. The topological polar surface area (TPSA) is 0 Å². The SMILES string of the molecule is FC(F)(F)c1c(-c2ccc3ccc4cccc5ccc2c3c45)c(-c2ccc3ccc4cccc5ccc2c3c45)c(-c2ccc3ccc4cccc5ccc2c3c45)c(-c2ccc3ccc4cccc5ccc2c3c45)c1-c1ccc2ccc3cccc4ccc1c2c34. The molecule has 0 bridgehead atoms. The van der Waals surface area contributed by atoms with E-state index in [4.69, 9.17) is 0 Å². The monoisotopic (exact) mass is 1150 g/mol. The van der Waals surface area contributed by atoms with E-state index < -0.39 is 11.7 Å². The van der Waals surface area contributed by atoms with Crippen molar-refractivity contribution in [2.75, 3.05) is 0 Å². The highest BCUT2D eigenvalue weighted by Crippen LogP contribution is 2.62. The fourth-order valence-electron chi connectivity index (χ4n) is 17.1. The normalized spacial score (nSPS) is 12.8. The van der Waals surface area contributed by atoms with Crippen molar-refractivity contribution in [1.82, 2.24) is 0 Å². The average Bonchev–Trinajstić information content (AvgIpc) is 0.708. The summed E-state index contributed by atoms with van der Waals surface area (Å²) in [5, 5.41) is 30.5. The fraction of sp³-hybridized carbons (Fsp3) is 0.0115. The third-order valence-electron chi connectivity index (χ3n) is 20.8. The number of halogens is 3. The lowest BCUT2D eigenvalue weighted by Gasteiger charge is -2.32. The van der Waals surface area contributed by atoms with Gasteiger partial charge in [-0.05, 0) is 206 Å². The molecular weight excluding hydrogens is 1100 g/mol. The van der Waals surface area contributed by atoms with Gasteiger partial charge >= 0.3 is 6.18 Å². The summed E-state index contributed by atoms with van der Waals surface area (Å²) >= 11 is 0. The summed E-state index contributed by atoms with van der Waals surface area (Å²) in [6.45, 7) is 0. The van der Waals surface area contributed by atoms with Gasteiger partial charge in [-0.15, -0.1) is 0 Å². The van der Waals surface area contributed by atoms with Crippen LogP contribution in [0.5, 0.6) is 0 Å². The van der Waals surface area contributed by atoms with Gasteiger partial charge in [-0.2, -0.15) is 13.2 Å². The lowest BCUT2D eigenvalue weighted by Crippen LogP contribution is -2.14. The zero-order chi connectivity index (χ0) is 59.0. The third kappa shape index (κ3) is 6.30. The van der Waals surface area contributed by atoms with Crippen molar-refractivity contribution < 1.29 is 13.2 Å². The largest absolute Gasteiger partial charge is 0.417 e. The number of rotatable bonds is 5. The van der Waals surface area contributed by atoms with Gasteiger partial charge in [-0.1, -0.05) is 273 Å². The first kappa shape index (κ1) is 48.7. The van der Waals surface area contributed by atoms with E-state index >= 15 is 13.2 Å². The van der Waals surface area contributed by atoms with Crippen molar-refractivity contribution in [3.05, 3.63) is 279 Å². The van der Waals surface area contributed by atoms with Crippen LogP contribution in [0.4, 0.5) is 13.2 Å². The maximum Gasteiger partial charge on any atom is 0.417 e. The van der Waals surface area contributed by atoms with Crippen LogP contribution >= 0.6 is 0 Å². The molecule has 0 radical (unpaired) electrons. The quantitative estimate of drug-likeness (QED) is 0.151. The van der Waals surface area contributed by atoms with E-state index in [9.17, 15) is 0 Å². The maximum atomic E-state index is 19.0. The first-order valence-corrected chi connectivity index (χ1v) is 30.9. The van der Waals surface area contributed by atoms with Crippen molar-refractivity contribution in [3.63, 3.8) is 0 Å². The molecule has 0 spiro atoms. The molecule has 0 unspecified atom stereocenters. The predicted molar refractivity (Wildman–Crippen MR) is 377 cm³/mol. The average molecular weight is 1150 g/mol. The molecule has 0 saturated heterocycles. The fourth-order valence-corrected chi connectivity index (χ4v) is 17.1. The van der Waals surface area contributed by atoms with E-state index in [1.54, 1.807) is 0 Å². The van der Waals surface area contributed by atoms with Crippen LogP contribution in [0.25, 0.3) is 217 Å². The van der Waals surface area contributed by atoms with Crippen molar-refractivity contribution in [2.45, 2.75) is 6.18 Å². The molecule has 90 heavy (non-hydrogen) atoms. The van der Waals surface area contributed by atoms with Crippen molar-refractivity contribution >= 4 is 162 Å². The molecule has 0 aliphatic rings. The molecule has 0 fully saturated rings. The Morgan fingerprint density at radius 3 is 0.511 bits per heavy atom. The Morgan fingerprint density at radius 2 is 0.311 bits per heavy atom. The lowest BCUT2D eigenvalue weighted by atomic mass is 9.72. The summed E-state index contributed by atoms with van der Waals surface area (Å²) in [7, 11) is 0. The highest BCUT2D eigenvalue weighted by Gasteiger charge is 2.43. The molecule has 21 rings (SSSR count). The lowest BCUT2D eigenvalue weighted by molar-refractivity contribution is -0.136. The third-order valence-corrected chi connectivity index (χ3v) is 20.8. The number of hydrogen-bond donors (Lipinski definition) is 0. The Balaban J connectivity index is 1.08. The van der Waals surface area contributed by atoms with E-state index in [1.807, 2.05) is 12.1 Å². The number of benzene rings is 21. The van der Waals surface area contributed by atoms with Crippen LogP contribution in [0.1, 0.15) is 5.56 Å². The molecule has 414 valence electrons. The second-order valence-electron chi connectivity index (χ2n) is 25.1. The molecule has 0 amide bonds. The van der Waals surface area contributed by atoms with Gasteiger partial charge in [0, 0.05) is 11.1 Å². The minimum Gasteiger partial charge on any atom is -0.166 e. The Kier molecular flexibility index (Phi) is 9.32. The molecule has 0 saturated carbocycles. The van der Waals surface area contributed by atoms with Gasteiger partial charge in [0.25, 0.3) is 0 Å². The highest BCUT2D eigenvalue weighted by molar-refractivity contribution is 6.35. The van der Waals surface area contributed by atoms with Gasteiger partial charge < -0.3 is 0 Å². The minimum atomic E-state index is -4.96. The van der Waals surface area contributed by atoms with E-state index in [0.717, 1.165) is 184 Å². The molecule has 0 aromatic heterocycles. The van der Waals surface area contributed by atoms with Crippen LogP contribution in [0.3, 0.4) is 0 Å². The molecule has 0 heterocycles. The van der Waals surface area contributed by atoms with E-state index in [1.165, 1.54) is 0 Å². The molecular formula is C87H45F3. The minimum absolute atomic E-state index is 0.151. The summed E-state index contributed by atoms with van der Waals surface area (Å²) < 4.78 is 57.0. The Hall–Kier alpha value is -11.4. The molecule has 3 heteroatoms. The van der Waals surface area contributed by atoms with Crippen molar-refractivity contribution in [1.29, 1.82) is 0 Å². The highest BCUT2D eigenvalue weighted by atomic mass is 19.4. The van der Waals surface area contributed by atoms with E-state index in [2.05, 4.69) is 261 Å². The second kappa shape index (κ2) is 17.2. The van der Waals surface area contributed by atoms with Gasteiger partial charge in [0.05, 0.1) is 5.56 Å². The van der Waals surface area contributed by atoms with Crippen LogP contribution < -0.4 is 0 Å². The second-order valence-corrected chi connectivity index (χ2v) is 25.1. The molecule has 21 aromatic rings. The van der Waals surface area contributed by atoms with Crippen LogP contribution in [-0.2, 0) is 6.18 Å². The maximum absolute atomic E-state index is 19.0. The Bertz CT molecular complexity index is 6280. The van der Waals surface area contributed by atoms with Crippen LogP contribution in [0.2, 0.25) is 0 Å². The standard InChI is InChI=1S/C87H45F3/c88-87(89,90)86-84(69-44-34-59-24-19-49-9-4-14-54-29-39-64(69)79(59)74(49)54)82(67-42-32-57-22-17-47-7-2-12-52-27-37-62(67)77(57)72(47)52)81(66-41-31-56-21-16-46-6-1-11-51-26-36-61(66)76(56)71(46)51)83(68-43-33-58-23-18-48-8-3-13-53-28-38-63(68)78(58)73(48)53)85(86)70-45-35-60-25-20-50-10-5-15-55-30-40-65(70)80(60)75(50)55/h1-45H. The number of hydrogen-bond acceptors (Lipinski definition) is 0. The van der Waals surface area contributed by atoms with Gasteiger partial charge in [0.15, 0.2) is 0 Å². The molecule has 21 aromatic carbocycles. The van der Waals surface area contributed by atoms with Crippen LogP contribution in [-0.4, -0.2) is 0 Å². The first-order chi connectivity index (χ1) is 44.3. The summed E-state index contributed by atoms with van der Waals surface area (Å²) in [6, 6.07) is 96.3. The zero-order valence-corrected chi connectivity index (χ0v) is 48.1. The van der Waals surface area contributed by atoms with Crippen molar-refractivity contribution in [2.24, 2.45) is 0 Å². The molecule has 0 aliphatic carbocycles. The molecule has 0 N–H and O–H groups in total. The molecule has 0 aliphatic heterocycles. The zero-order valence-electron chi connectivity index (χ0n) is 48.1. The number of alkyl halides is 3. The van der Waals surface area contributed by atoms with Crippen LogP contribution in [0.15, 0.2) is 273 Å². The van der Waals surface area contributed by atoms with Gasteiger partial charge in [0.2, 0.25) is 0 Å². The molecule has 0 atom stereocenters. The summed E-state index contributed by atoms with van der Waals surface area (Å²) in [5.41, 5.74) is 4.80. The van der Waals surface area contributed by atoms with Gasteiger partial charge in [-0.3, -0.25) is 0 Å². The summed E-state index contributed by atoms with van der Waals surface area (Å²) in [4.78, 5) is 0. The summed E-state index contributed by atoms with van der Waals surface area (Å²) in [5.74, 6) is 0. The van der Waals surface area contributed by atoms with Gasteiger partial charge in [0.1, 0.15) is 0 Å². The molecule has 0 nitrogen and oxygen atoms in total. The Labute approximate surface area is 512 Å². The smallest absolute Gasteiger partial charge is 0.166 e. The van der Waals surface area contributed by atoms with E-state index in [-0.39, 0.29) is 11.1 Å².